The van der Waals surface area contributed by atoms with Crippen LogP contribution in [0.25, 0.3) is 60.6 Å². The quantitative estimate of drug-likeness (QED) is 0.165. The minimum absolute atomic E-state index is 0.0195. The van der Waals surface area contributed by atoms with E-state index in [4.69, 9.17) is 8.83 Å². The first kappa shape index (κ1) is 44.5. The zero-order valence-corrected chi connectivity index (χ0v) is 43.7. The van der Waals surface area contributed by atoms with Crippen LogP contribution in [0.4, 0.5) is 34.1 Å². The molecule has 72 heavy (non-hydrogen) atoms. The summed E-state index contributed by atoms with van der Waals surface area (Å²) in [5, 5.41) is 5.75. The molecule has 0 radical (unpaired) electrons. The number of fused-ring (bicyclic) bond motifs is 12. The molecule has 2 aliphatic rings. The Kier molecular flexibility index (Phi) is 9.30. The lowest BCUT2D eigenvalue weighted by Gasteiger charge is -2.42. The van der Waals surface area contributed by atoms with E-state index in [1.165, 1.54) is 66.3 Å². The van der Waals surface area contributed by atoms with Crippen LogP contribution in [0, 0.1) is 0 Å². The van der Waals surface area contributed by atoms with E-state index in [1.807, 2.05) is 0 Å². The molecular weight excluding hydrogens is 878 g/mol. The maximum atomic E-state index is 7.07. The van der Waals surface area contributed by atoms with Crippen molar-refractivity contribution >= 4 is 112 Å². The average molecular weight is 940 g/mol. The highest BCUT2D eigenvalue weighted by atomic mass is 16.3. The van der Waals surface area contributed by atoms with Gasteiger partial charge in [-0.05, 0) is 139 Å². The summed E-state index contributed by atoms with van der Waals surface area (Å²) in [4.78, 5) is 5.02. The number of hydrogen-bond acceptors (Lipinski definition) is 4. The summed E-state index contributed by atoms with van der Waals surface area (Å²) >= 11 is 0. The average Bonchev–Trinajstić information content (AvgIpc) is 4.01. The van der Waals surface area contributed by atoms with Crippen LogP contribution in [0.5, 0.6) is 0 Å². The number of nitrogens with zero attached hydrogens (tertiary/aromatic N) is 3. The summed E-state index contributed by atoms with van der Waals surface area (Å²) in [6.07, 6.45) is 0. The molecule has 0 amide bonds. The second kappa shape index (κ2) is 15.1. The summed E-state index contributed by atoms with van der Waals surface area (Å²) in [5.41, 5.74) is 21.4. The molecule has 0 spiro atoms. The third kappa shape index (κ3) is 6.60. The van der Waals surface area contributed by atoms with E-state index in [0.29, 0.717) is 0 Å². The zero-order chi connectivity index (χ0) is 50.0. The van der Waals surface area contributed by atoms with E-state index in [0.717, 1.165) is 67.1 Å². The van der Waals surface area contributed by atoms with Crippen LogP contribution in [0.1, 0.15) is 105 Å². The topological polar surface area (TPSA) is 37.7 Å². The highest BCUT2D eigenvalue weighted by Crippen LogP contribution is 2.50. The number of para-hydroxylation sites is 2. The van der Waals surface area contributed by atoms with Gasteiger partial charge in [-0.2, -0.15) is 0 Å². The molecule has 3 aromatic heterocycles. The van der Waals surface area contributed by atoms with Gasteiger partial charge < -0.3 is 18.6 Å². The van der Waals surface area contributed by atoms with E-state index in [1.54, 1.807) is 0 Å². The van der Waals surface area contributed by atoms with Crippen LogP contribution < -0.4 is 26.2 Å². The van der Waals surface area contributed by atoms with Gasteiger partial charge in [0.15, 0.2) is 0 Å². The Hall–Kier alpha value is -7.44. The molecule has 2 aliphatic heterocycles. The number of anilines is 6. The first-order valence-corrected chi connectivity index (χ1v) is 25.8. The lowest BCUT2D eigenvalue weighted by Crippen LogP contribution is -2.60. The molecule has 11 aromatic rings. The van der Waals surface area contributed by atoms with Gasteiger partial charge in [0.05, 0.1) is 22.0 Å². The van der Waals surface area contributed by atoms with Crippen molar-refractivity contribution in [2.24, 2.45) is 0 Å². The normalized spacial score (nSPS) is 13.8. The smallest absolute Gasteiger partial charge is 0.252 e. The summed E-state index contributed by atoms with van der Waals surface area (Å²) in [5.74, 6) is 0. The molecule has 356 valence electrons. The fourth-order valence-corrected chi connectivity index (χ4v) is 11.8. The van der Waals surface area contributed by atoms with E-state index < -0.39 is 0 Å². The predicted molar refractivity (Wildman–Crippen MR) is 307 cm³/mol. The second-order valence-electron chi connectivity index (χ2n) is 24.7. The number of aromatic nitrogens is 1. The van der Waals surface area contributed by atoms with Gasteiger partial charge in [-0.15, -0.1) is 0 Å². The van der Waals surface area contributed by atoms with Crippen molar-refractivity contribution in [3.8, 4) is 5.69 Å². The number of furan rings is 2. The van der Waals surface area contributed by atoms with E-state index in [-0.39, 0.29) is 28.4 Å². The van der Waals surface area contributed by atoms with Gasteiger partial charge >= 0.3 is 0 Å². The van der Waals surface area contributed by atoms with Gasteiger partial charge in [0.25, 0.3) is 6.71 Å². The van der Waals surface area contributed by atoms with Crippen LogP contribution >= 0.6 is 0 Å². The van der Waals surface area contributed by atoms with Gasteiger partial charge in [-0.1, -0.05) is 162 Å². The first-order chi connectivity index (χ1) is 34.2. The summed E-state index contributed by atoms with van der Waals surface area (Å²) in [6.45, 7) is 27.7. The van der Waals surface area contributed by atoms with E-state index >= 15 is 0 Å². The molecular formula is C66H62BN3O2. The molecule has 0 fully saturated rings. The molecule has 0 bridgehead atoms. The fraction of sp³-hybridized carbons (Fsp3) is 0.242. The van der Waals surface area contributed by atoms with Crippen molar-refractivity contribution in [3.05, 3.63) is 180 Å². The van der Waals surface area contributed by atoms with Crippen molar-refractivity contribution in [2.75, 3.05) is 9.80 Å². The van der Waals surface area contributed by atoms with Crippen molar-refractivity contribution in [1.82, 2.24) is 4.57 Å². The lowest BCUT2D eigenvalue weighted by molar-refractivity contribution is 0.589. The van der Waals surface area contributed by atoms with Crippen molar-refractivity contribution in [1.29, 1.82) is 0 Å². The Balaban J connectivity index is 1.17. The highest BCUT2D eigenvalue weighted by molar-refractivity contribution is 7.00. The summed E-state index contributed by atoms with van der Waals surface area (Å²) in [6, 6.07) is 59.3. The van der Waals surface area contributed by atoms with Crippen molar-refractivity contribution in [3.63, 3.8) is 0 Å². The lowest BCUT2D eigenvalue weighted by atomic mass is 9.33. The standard InChI is InChI=1S/C66H62BN3O2/c1-63(2,3)39-24-28-43(29-25-39)68(44-30-26-40(27-31-44)64(4,5)6)45-32-33-49-52(38-45)69(51-20-17-23-57-59(51)47-19-14-15-21-55(47)71-57)53-36-42(66(10,11)12)37-54-60(53)67(49)50-35-41(65(7,8)9)34-48-58-46-18-13-16-22-56(46)72-62(58)70(54)61(48)50/h13-38H,1-12H3. The molecule has 13 rings (SSSR count). The maximum absolute atomic E-state index is 7.07. The summed E-state index contributed by atoms with van der Waals surface area (Å²) in [7, 11) is 0. The Bertz CT molecular complexity index is 3970. The van der Waals surface area contributed by atoms with Crippen LogP contribution in [0.15, 0.2) is 167 Å². The molecule has 8 aromatic carbocycles. The van der Waals surface area contributed by atoms with E-state index in [9.17, 15) is 0 Å². The largest absolute Gasteiger partial charge is 0.456 e. The molecule has 0 saturated heterocycles. The Morgan fingerprint density at radius 2 is 0.917 bits per heavy atom. The Morgan fingerprint density at radius 3 is 1.53 bits per heavy atom. The maximum Gasteiger partial charge on any atom is 0.252 e. The number of benzene rings is 8. The van der Waals surface area contributed by atoms with Gasteiger partial charge in [-0.25, -0.2) is 0 Å². The molecule has 5 nitrogen and oxygen atoms in total. The second-order valence-corrected chi connectivity index (χ2v) is 24.7. The van der Waals surface area contributed by atoms with Crippen LogP contribution in [0.2, 0.25) is 0 Å². The molecule has 0 N–H and O–H groups in total. The fourth-order valence-electron chi connectivity index (χ4n) is 11.8. The zero-order valence-electron chi connectivity index (χ0n) is 43.7. The third-order valence-corrected chi connectivity index (χ3v) is 15.8. The molecule has 0 aliphatic carbocycles. The minimum atomic E-state index is -0.186. The SMILES string of the molecule is CC(C)(C)c1ccc(N(c2ccc(C(C)(C)C)cc2)c2ccc3c(c2)N(c2cccc4oc5ccccc5c24)c2cc(C(C)(C)C)cc4c2B3c2cc(C(C)(C)C)cc3c5c6ccccc6oc5n-4c23)cc1. The molecule has 6 heteroatoms. The van der Waals surface area contributed by atoms with Gasteiger partial charge in [0.1, 0.15) is 16.7 Å². The van der Waals surface area contributed by atoms with Crippen molar-refractivity contribution < 1.29 is 8.83 Å². The Morgan fingerprint density at radius 1 is 0.389 bits per heavy atom. The van der Waals surface area contributed by atoms with Gasteiger partial charge in [0, 0.05) is 50.3 Å². The Labute approximate surface area is 423 Å². The number of rotatable bonds is 4. The monoisotopic (exact) mass is 939 g/mol. The van der Waals surface area contributed by atoms with Crippen LogP contribution in [-0.4, -0.2) is 11.3 Å². The minimum Gasteiger partial charge on any atom is -0.456 e. The summed E-state index contributed by atoms with van der Waals surface area (Å²) < 4.78 is 16.3. The van der Waals surface area contributed by atoms with Gasteiger partial charge in [-0.3, -0.25) is 4.57 Å². The molecule has 0 unspecified atom stereocenters. The first-order valence-electron chi connectivity index (χ1n) is 25.8. The number of hydrogen-bond donors (Lipinski definition) is 0. The highest BCUT2D eigenvalue weighted by Gasteiger charge is 2.45. The van der Waals surface area contributed by atoms with E-state index in [2.05, 4.69) is 255 Å². The molecule has 0 saturated carbocycles. The van der Waals surface area contributed by atoms with Crippen molar-refractivity contribution in [2.45, 2.75) is 105 Å². The third-order valence-electron chi connectivity index (χ3n) is 15.8. The predicted octanol–water partition coefficient (Wildman–Crippen LogP) is 16.7. The molecule has 0 atom stereocenters. The van der Waals surface area contributed by atoms with Crippen LogP contribution in [-0.2, 0) is 21.7 Å². The van der Waals surface area contributed by atoms with Gasteiger partial charge in [0.2, 0.25) is 5.71 Å². The van der Waals surface area contributed by atoms with Crippen LogP contribution in [0.3, 0.4) is 0 Å². The molecule has 5 heterocycles.